The number of thioether (sulfide) groups is 1. The number of hydrogen-bond acceptors (Lipinski definition) is 5. The van der Waals surface area contributed by atoms with Gasteiger partial charge in [0, 0.05) is 28.9 Å². The van der Waals surface area contributed by atoms with Crippen LogP contribution in [0.3, 0.4) is 0 Å². The molecule has 5 rings (SSSR count). The molecule has 1 aliphatic rings. The van der Waals surface area contributed by atoms with Crippen molar-refractivity contribution in [2.45, 2.75) is 24.9 Å². The summed E-state index contributed by atoms with van der Waals surface area (Å²) in [6.07, 6.45) is 1.10. The van der Waals surface area contributed by atoms with Gasteiger partial charge in [-0.05, 0) is 49.2 Å². The predicted molar refractivity (Wildman–Crippen MR) is 130 cm³/mol. The second-order valence-electron chi connectivity index (χ2n) is 7.98. The van der Waals surface area contributed by atoms with E-state index in [1.165, 1.54) is 17.3 Å². The van der Waals surface area contributed by atoms with Crippen LogP contribution in [0.1, 0.15) is 27.9 Å². The van der Waals surface area contributed by atoms with Crippen molar-refractivity contribution in [1.29, 1.82) is 0 Å². The lowest BCUT2D eigenvalue weighted by molar-refractivity contribution is -0.116. The lowest BCUT2D eigenvalue weighted by Crippen LogP contribution is -2.19. The summed E-state index contributed by atoms with van der Waals surface area (Å²) >= 11 is 1.37. The zero-order chi connectivity index (χ0) is 22.8. The molecule has 0 aliphatic carbocycles. The third kappa shape index (κ3) is 4.45. The minimum Gasteiger partial charge on any atom is -0.326 e. The van der Waals surface area contributed by atoms with Gasteiger partial charge in [0.25, 0.3) is 0 Å². The number of aromatic nitrogens is 3. The van der Waals surface area contributed by atoms with Gasteiger partial charge in [0.2, 0.25) is 5.91 Å². The quantitative estimate of drug-likeness (QED) is 0.324. The molecular weight excluding hydrogens is 432 g/mol. The molecule has 33 heavy (non-hydrogen) atoms. The first-order chi connectivity index (χ1) is 16.1. The summed E-state index contributed by atoms with van der Waals surface area (Å²) in [4.78, 5) is 24.6. The zero-order valence-corrected chi connectivity index (χ0v) is 18.9. The molecule has 1 N–H and O–H groups in total. The van der Waals surface area contributed by atoms with Crippen LogP contribution in [-0.2, 0) is 11.2 Å². The maximum absolute atomic E-state index is 13.0. The highest BCUT2D eigenvalue weighted by Gasteiger charge is 2.19. The normalized spacial score (nSPS) is 12.8. The van der Waals surface area contributed by atoms with Crippen molar-refractivity contribution in [1.82, 2.24) is 14.8 Å². The van der Waals surface area contributed by atoms with Gasteiger partial charge in [0.15, 0.2) is 16.8 Å². The molecule has 0 atom stereocenters. The van der Waals surface area contributed by atoms with Gasteiger partial charge in [-0.2, -0.15) is 0 Å². The molecule has 0 radical (unpaired) electrons. The Bertz CT molecular complexity index is 1330. The summed E-state index contributed by atoms with van der Waals surface area (Å²) in [7, 11) is 0. The van der Waals surface area contributed by atoms with Gasteiger partial charge < -0.3 is 5.32 Å². The number of anilines is 1. The molecule has 1 aliphatic heterocycles. The third-order valence-corrected chi connectivity index (χ3v) is 6.54. The van der Waals surface area contributed by atoms with E-state index < -0.39 is 0 Å². The van der Waals surface area contributed by atoms with Crippen molar-refractivity contribution in [3.05, 3.63) is 89.5 Å². The van der Waals surface area contributed by atoms with Gasteiger partial charge in [-0.1, -0.05) is 59.8 Å². The van der Waals surface area contributed by atoms with E-state index in [0.29, 0.717) is 23.6 Å². The lowest BCUT2D eigenvalue weighted by Gasteiger charge is -2.17. The molecule has 6 nitrogen and oxygen atoms in total. The van der Waals surface area contributed by atoms with Crippen LogP contribution in [0.25, 0.3) is 17.1 Å². The van der Waals surface area contributed by atoms with Crippen LogP contribution in [0.5, 0.6) is 0 Å². The second-order valence-corrected chi connectivity index (χ2v) is 8.92. The maximum atomic E-state index is 13.0. The lowest BCUT2D eigenvalue weighted by atomic mass is 9.99. The average Bonchev–Trinajstić information content (AvgIpc) is 3.27. The fraction of sp³-hybridized carbons (Fsp3) is 0.154. The molecule has 0 spiro atoms. The number of benzene rings is 3. The molecule has 0 bridgehead atoms. The number of aryl methyl sites for hydroxylation is 2. The summed E-state index contributed by atoms with van der Waals surface area (Å²) in [5.74, 6) is 1.00. The molecule has 0 saturated carbocycles. The Kier molecular flexibility index (Phi) is 5.79. The summed E-state index contributed by atoms with van der Waals surface area (Å²) in [6, 6.07) is 23.6. The van der Waals surface area contributed by atoms with E-state index in [0.717, 1.165) is 28.3 Å². The van der Waals surface area contributed by atoms with Crippen LogP contribution in [0, 0.1) is 6.92 Å². The van der Waals surface area contributed by atoms with Gasteiger partial charge in [0.05, 0.1) is 5.75 Å². The Labute approximate surface area is 196 Å². The number of carbonyl (C=O) groups is 2. The largest absolute Gasteiger partial charge is 0.326 e. The fourth-order valence-corrected chi connectivity index (χ4v) is 4.68. The van der Waals surface area contributed by atoms with Crippen molar-refractivity contribution in [3.8, 4) is 17.1 Å². The molecule has 164 valence electrons. The van der Waals surface area contributed by atoms with Gasteiger partial charge >= 0.3 is 0 Å². The van der Waals surface area contributed by atoms with Crippen LogP contribution in [-0.4, -0.2) is 32.2 Å². The molecule has 1 aromatic heterocycles. The molecule has 3 aromatic carbocycles. The molecule has 4 aromatic rings. The van der Waals surface area contributed by atoms with E-state index in [9.17, 15) is 9.59 Å². The van der Waals surface area contributed by atoms with Gasteiger partial charge in [0.1, 0.15) is 0 Å². The second kappa shape index (κ2) is 9.03. The van der Waals surface area contributed by atoms with E-state index in [-0.39, 0.29) is 17.4 Å². The van der Waals surface area contributed by atoms with Crippen LogP contribution >= 0.6 is 11.8 Å². The Morgan fingerprint density at radius 2 is 1.79 bits per heavy atom. The Morgan fingerprint density at radius 1 is 1.00 bits per heavy atom. The number of nitrogens with one attached hydrogen (secondary N) is 1. The first-order valence-electron chi connectivity index (χ1n) is 10.7. The Balaban J connectivity index is 1.42. The number of hydrogen-bond donors (Lipinski definition) is 1. The van der Waals surface area contributed by atoms with Crippen LogP contribution in [0.4, 0.5) is 5.69 Å². The number of Topliss-reactive ketones (excluding diaryl/α,β-unsaturated/α-hetero) is 1. The predicted octanol–water partition coefficient (Wildman–Crippen LogP) is 5.10. The fourth-order valence-electron chi connectivity index (χ4n) is 3.83. The van der Waals surface area contributed by atoms with Crippen molar-refractivity contribution >= 4 is 29.1 Å². The molecule has 0 saturated heterocycles. The van der Waals surface area contributed by atoms with E-state index in [1.807, 2.05) is 66.1 Å². The Morgan fingerprint density at radius 3 is 2.58 bits per heavy atom. The summed E-state index contributed by atoms with van der Waals surface area (Å²) in [5, 5.41) is 12.4. The topological polar surface area (TPSA) is 76.9 Å². The van der Waals surface area contributed by atoms with E-state index in [4.69, 9.17) is 0 Å². The number of nitrogens with zero attached hydrogens (tertiary/aromatic N) is 3. The monoisotopic (exact) mass is 454 g/mol. The summed E-state index contributed by atoms with van der Waals surface area (Å²) in [6.45, 7) is 2.05. The first-order valence-corrected chi connectivity index (χ1v) is 11.7. The van der Waals surface area contributed by atoms with Crippen molar-refractivity contribution in [2.24, 2.45) is 0 Å². The minimum atomic E-state index is 0.0133. The smallest absolute Gasteiger partial charge is 0.224 e. The number of amides is 1. The molecule has 7 heteroatoms. The maximum Gasteiger partial charge on any atom is 0.224 e. The van der Waals surface area contributed by atoms with Gasteiger partial charge in [-0.25, -0.2) is 0 Å². The number of ketones is 1. The van der Waals surface area contributed by atoms with E-state index in [2.05, 4.69) is 27.6 Å². The van der Waals surface area contributed by atoms with Crippen molar-refractivity contribution < 1.29 is 9.59 Å². The zero-order valence-electron chi connectivity index (χ0n) is 18.1. The molecule has 1 amide bonds. The standard InChI is InChI=1S/C26H22N4O2S/c1-17-7-11-21(12-8-17)30-25(18-5-3-2-4-6-18)28-29-26(30)33-16-23(31)20-9-13-22-19(15-20)10-14-24(32)27-22/h2-9,11-13,15H,10,14,16H2,1H3,(H,27,32). The highest BCUT2D eigenvalue weighted by molar-refractivity contribution is 7.99. The number of carbonyl (C=O) groups excluding carboxylic acids is 2. The van der Waals surface area contributed by atoms with Crippen LogP contribution in [0.15, 0.2) is 78.0 Å². The molecule has 0 unspecified atom stereocenters. The highest BCUT2D eigenvalue weighted by atomic mass is 32.2. The van der Waals surface area contributed by atoms with Gasteiger partial charge in [-0.15, -0.1) is 10.2 Å². The molecule has 2 heterocycles. The molecular formula is C26H22N4O2S. The number of rotatable bonds is 6. The summed E-state index contributed by atoms with van der Waals surface area (Å²) in [5.41, 5.74) is 5.51. The third-order valence-electron chi connectivity index (χ3n) is 5.61. The average molecular weight is 455 g/mol. The first kappa shape index (κ1) is 21.2. The van der Waals surface area contributed by atoms with Gasteiger partial charge in [-0.3, -0.25) is 14.2 Å². The van der Waals surface area contributed by atoms with Crippen LogP contribution in [0.2, 0.25) is 0 Å². The van der Waals surface area contributed by atoms with Crippen molar-refractivity contribution in [3.63, 3.8) is 0 Å². The SMILES string of the molecule is Cc1ccc(-n2c(SCC(=O)c3ccc4c(c3)CCC(=O)N4)nnc2-c2ccccc2)cc1. The van der Waals surface area contributed by atoms with Crippen LogP contribution < -0.4 is 5.32 Å². The Hall–Kier alpha value is -3.71. The van der Waals surface area contributed by atoms with Crippen molar-refractivity contribution in [2.75, 3.05) is 11.1 Å². The minimum absolute atomic E-state index is 0.0133. The highest BCUT2D eigenvalue weighted by Crippen LogP contribution is 2.29. The summed E-state index contributed by atoms with van der Waals surface area (Å²) < 4.78 is 2.00. The number of fused-ring (bicyclic) bond motifs is 1. The van der Waals surface area contributed by atoms with E-state index >= 15 is 0 Å². The molecule has 0 fully saturated rings. The van der Waals surface area contributed by atoms with E-state index in [1.54, 1.807) is 6.07 Å².